The number of ether oxygens (including phenoxy) is 1. The minimum Gasteiger partial charge on any atom is -0.461 e. The molecule has 3 aromatic rings. The van der Waals surface area contributed by atoms with Crippen LogP contribution in [0.5, 0.6) is 5.75 Å². The SMILES string of the molecule is O=C(Oc1c(-c2ccco2)oc2ccc(Cl)cc2c1=O)C1CCCCC1. The summed E-state index contributed by atoms with van der Waals surface area (Å²) in [5.41, 5.74) is -0.0902. The lowest BCUT2D eigenvalue weighted by Gasteiger charge is -2.20. The molecule has 1 fully saturated rings. The second-order valence-corrected chi connectivity index (χ2v) is 6.90. The first-order valence-corrected chi connectivity index (χ1v) is 9.03. The van der Waals surface area contributed by atoms with E-state index in [1.165, 1.54) is 12.3 Å². The zero-order valence-electron chi connectivity index (χ0n) is 14.0. The zero-order chi connectivity index (χ0) is 18.1. The molecule has 5 nitrogen and oxygen atoms in total. The molecule has 0 N–H and O–H groups in total. The van der Waals surface area contributed by atoms with Gasteiger partial charge in [-0.05, 0) is 43.2 Å². The van der Waals surface area contributed by atoms with Gasteiger partial charge >= 0.3 is 5.97 Å². The van der Waals surface area contributed by atoms with Crippen molar-refractivity contribution in [2.45, 2.75) is 32.1 Å². The largest absolute Gasteiger partial charge is 0.461 e. The van der Waals surface area contributed by atoms with E-state index in [4.69, 9.17) is 25.2 Å². The Bertz CT molecular complexity index is 997. The zero-order valence-corrected chi connectivity index (χ0v) is 14.8. The van der Waals surface area contributed by atoms with Crippen LogP contribution in [0.2, 0.25) is 5.02 Å². The molecule has 2 heterocycles. The highest BCUT2D eigenvalue weighted by Crippen LogP contribution is 2.33. The van der Waals surface area contributed by atoms with Gasteiger partial charge in [0.1, 0.15) is 5.58 Å². The van der Waals surface area contributed by atoms with Crippen molar-refractivity contribution in [3.63, 3.8) is 0 Å². The summed E-state index contributed by atoms with van der Waals surface area (Å²) >= 11 is 6.00. The first-order valence-electron chi connectivity index (χ1n) is 8.65. The maximum absolute atomic E-state index is 13.0. The Labute approximate surface area is 154 Å². The molecule has 2 aromatic heterocycles. The minimum atomic E-state index is -0.440. The summed E-state index contributed by atoms with van der Waals surface area (Å²) in [4.78, 5) is 25.6. The summed E-state index contributed by atoms with van der Waals surface area (Å²) in [7, 11) is 0. The average Bonchev–Trinajstić information content (AvgIpc) is 3.19. The van der Waals surface area contributed by atoms with Crippen LogP contribution in [0.3, 0.4) is 0 Å². The van der Waals surface area contributed by atoms with Crippen molar-refractivity contribution in [2.75, 3.05) is 0 Å². The number of benzene rings is 1. The first kappa shape index (κ1) is 16.9. The number of carbonyl (C=O) groups excluding carboxylic acids is 1. The Hall–Kier alpha value is -2.53. The summed E-state index contributed by atoms with van der Waals surface area (Å²) in [5.74, 6) is -0.302. The molecule has 0 spiro atoms. The molecule has 0 bridgehead atoms. The van der Waals surface area contributed by atoms with E-state index in [2.05, 4.69) is 0 Å². The third-order valence-electron chi connectivity index (χ3n) is 4.70. The predicted octanol–water partition coefficient (Wildman–Crippen LogP) is 5.19. The van der Waals surface area contributed by atoms with Crippen LogP contribution >= 0.6 is 11.6 Å². The second-order valence-electron chi connectivity index (χ2n) is 6.46. The summed E-state index contributed by atoms with van der Waals surface area (Å²) in [6.45, 7) is 0. The van der Waals surface area contributed by atoms with Crippen molar-refractivity contribution < 1.29 is 18.4 Å². The molecular formula is C20H17ClO5. The Morgan fingerprint density at radius 1 is 1.15 bits per heavy atom. The molecule has 0 saturated heterocycles. The molecular weight excluding hydrogens is 356 g/mol. The molecule has 134 valence electrons. The summed E-state index contributed by atoms with van der Waals surface area (Å²) in [6, 6.07) is 8.07. The smallest absolute Gasteiger partial charge is 0.314 e. The van der Waals surface area contributed by atoms with Gasteiger partial charge in [0, 0.05) is 5.02 Å². The van der Waals surface area contributed by atoms with Gasteiger partial charge in [-0.3, -0.25) is 9.59 Å². The lowest BCUT2D eigenvalue weighted by atomic mass is 9.89. The number of fused-ring (bicyclic) bond motifs is 1. The van der Waals surface area contributed by atoms with Crippen LogP contribution in [-0.4, -0.2) is 5.97 Å². The van der Waals surface area contributed by atoms with Gasteiger partial charge < -0.3 is 13.6 Å². The highest BCUT2D eigenvalue weighted by Gasteiger charge is 2.27. The van der Waals surface area contributed by atoms with Gasteiger partial charge in [-0.15, -0.1) is 0 Å². The molecule has 26 heavy (non-hydrogen) atoms. The fraction of sp³-hybridized carbons (Fsp3) is 0.300. The van der Waals surface area contributed by atoms with E-state index in [1.807, 2.05) is 0 Å². The van der Waals surface area contributed by atoms with Crippen molar-refractivity contribution in [3.05, 3.63) is 51.8 Å². The Morgan fingerprint density at radius 2 is 1.96 bits per heavy atom. The highest BCUT2D eigenvalue weighted by molar-refractivity contribution is 6.31. The van der Waals surface area contributed by atoms with Crippen LogP contribution in [0.15, 0.2) is 50.2 Å². The van der Waals surface area contributed by atoms with Gasteiger partial charge in [0.05, 0.1) is 17.6 Å². The fourth-order valence-electron chi connectivity index (χ4n) is 3.34. The molecule has 0 atom stereocenters. The number of halogens is 1. The van der Waals surface area contributed by atoms with Crippen LogP contribution in [0.4, 0.5) is 0 Å². The molecule has 0 aliphatic heterocycles. The van der Waals surface area contributed by atoms with E-state index in [1.54, 1.807) is 24.3 Å². The number of esters is 1. The van der Waals surface area contributed by atoms with Gasteiger partial charge in [0.2, 0.25) is 16.9 Å². The third-order valence-corrected chi connectivity index (χ3v) is 4.93. The quantitative estimate of drug-likeness (QED) is 0.591. The summed E-state index contributed by atoms with van der Waals surface area (Å²) in [5, 5.41) is 0.666. The topological polar surface area (TPSA) is 69.7 Å². The van der Waals surface area contributed by atoms with E-state index < -0.39 is 11.4 Å². The van der Waals surface area contributed by atoms with Gasteiger partial charge in [-0.2, -0.15) is 0 Å². The van der Waals surface area contributed by atoms with Gasteiger partial charge in [-0.25, -0.2) is 0 Å². The number of hydrogen-bond donors (Lipinski definition) is 0. The second kappa shape index (κ2) is 7.00. The van der Waals surface area contributed by atoms with E-state index in [0.717, 1.165) is 32.1 Å². The van der Waals surface area contributed by atoms with Crippen LogP contribution in [0, 0.1) is 5.92 Å². The molecule has 4 rings (SSSR count). The van der Waals surface area contributed by atoms with Crippen molar-refractivity contribution in [3.8, 4) is 17.3 Å². The van der Waals surface area contributed by atoms with Crippen molar-refractivity contribution in [1.82, 2.24) is 0 Å². The molecule has 1 saturated carbocycles. The van der Waals surface area contributed by atoms with Crippen LogP contribution in [0.25, 0.3) is 22.5 Å². The lowest BCUT2D eigenvalue weighted by Crippen LogP contribution is -2.25. The van der Waals surface area contributed by atoms with Gasteiger partial charge in [0.15, 0.2) is 5.76 Å². The first-order chi connectivity index (χ1) is 12.6. The van der Waals surface area contributed by atoms with Crippen molar-refractivity contribution in [1.29, 1.82) is 0 Å². The Kier molecular flexibility index (Phi) is 4.55. The monoisotopic (exact) mass is 372 g/mol. The van der Waals surface area contributed by atoms with Crippen molar-refractivity contribution in [2.24, 2.45) is 5.92 Å². The van der Waals surface area contributed by atoms with Crippen LogP contribution in [0.1, 0.15) is 32.1 Å². The van der Waals surface area contributed by atoms with Crippen LogP contribution in [-0.2, 0) is 4.79 Å². The summed E-state index contributed by atoms with van der Waals surface area (Å²) < 4.78 is 16.7. The maximum atomic E-state index is 13.0. The average molecular weight is 373 g/mol. The minimum absolute atomic E-state index is 0.110. The third kappa shape index (κ3) is 3.15. The van der Waals surface area contributed by atoms with E-state index in [-0.39, 0.29) is 22.8 Å². The molecule has 0 amide bonds. The normalized spacial score (nSPS) is 15.3. The molecule has 1 aliphatic rings. The van der Waals surface area contributed by atoms with Crippen LogP contribution < -0.4 is 10.2 Å². The molecule has 0 unspecified atom stereocenters. The van der Waals surface area contributed by atoms with Gasteiger partial charge in [0.25, 0.3) is 0 Å². The number of furan rings is 1. The maximum Gasteiger partial charge on any atom is 0.314 e. The lowest BCUT2D eigenvalue weighted by molar-refractivity contribution is -0.140. The number of carbonyl (C=O) groups is 1. The van der Waals surface area contributed by atoms with E-state index in [0.29, 0.717) is 16.4 Å². The molecule has 1 aliphatic carbocycles. The highest BCUT2D eigenvalue weighted by atomic mass is 35.5. The molecule has 1 aromatic carbocycles. The van der Waals surface area contributed by atoms with Gasteiger partial charge in [-0.1, -0.05) is 30.9 Å². The predicted molar refractivity (Wildman–Crippen MR) is 97.4 cm³/mol. The number of rotatable bonds is 3. The molecule has 0 radical (unpaired) electrons. The standard InChI is InChI=1S/C20H17ClO5/c21-13-8-9-15-14(11-13)17(22)19(18(25-15)16-7-4-10-24-16)26-20(23)12-5-2-1-3-6-12/h4,7-12H,1-3,5-6H2. The summed E-state index contributed by atoms with van der Waals surface area (Å²) in [6.07, 6.45) is 6.13. The van der Waals surface area contributed by atoms with Crippen molar-refractivity contribution >= 4 is 28.5 Å². The number of hydrogen-bond acceptors (Lipinski definition) is 5. The Balaban J connectivity index is 1.82. The molecule has 6 heteroatoms. The fourth-order valence-corrected chi connectivity index (χ4v) is 3.51. The Morgan fingerprint density at radius 3 is 2.69 bits per heavy atom. The van der Waals surface area contributed by atoms with E-state index in [9.17, 15) is 9.59 Å². The van der Waals surface area contributed by atoms with E-state index >= 15 is 0 Å².